The summed E-state index contributed by atoms with van der Waals surface area (Å²) in [6, 6.07) is 0.269. The Balaban J connectivity index is 2.05. The largest absolute Gasteiger partial charge is 0.345 e. The van der Waals surface area contributed by atoms with Crippen molar-refractivity contribution in [3.63, 3.8) is 0 Å². The molecule has 2 aliphatic rings. The van der Waals surface area contributed by atoms with Gasteiger partial charge in [-0.1, -0.05) is 0 Å². The summed E-state index contributed by atoms with van der Waals surface area (Å²) in [6.45, 7) is 2.31. The lowest BCUT2D eigenvalue weighted by Crippen LogP contribution is -2.49. The third-order valence-electron chi connectivity index (χ3n) is 3.99. The van der Waals surface area contributed by atoms with Crippen molar-refractivity contribution < 1.29 is 9.59 Å². The molecule has 0 N–H and O–H groups in total. The third kappa shape index (κ3) is 3.67. The van der Waals surface area contributed by atoms with Crippen LogP contribution in [-0.4, -0.2) is 84.8 Å². The molecule has 2 rings (SSSR count). The Kier molecular flexibility index (Phi) is 5.32. The Hall–Kier alpha value is -0.750. The number of thioether (sulfide) groups is 1. The van der Waals surface area contributed by atoms with E-state index in [1.165, 1.54) is 0 Å². The van der Waals surface area contributed by atoms with E-state index in [1.807, 2.05) is 30.8 Å². The Labute approximate surface area is 125 Å². The first-order valence-electron chi connectivity index (χ1n) is 7.26. The maximum Gasteiger partial charge on any atom is 0.228 e. The van der Waals surface area contributed by atoms with Gasteiger partial charge in [-0.25, -0.2) is 0 Å². The van der Waals surface area contributed by atoms with Crippen LogP contribution in [0.3, 0.4) is 0 Å². The maximum absolute atomic E-state index is 12.8. The van der Waals surface area contributed by atoms with Crippen LogP contribution in [0.5, 0.6) is 0 Å². The van der Waals surface area contributed by atoms with Crippen LogP contribution in [0.25, 0.3) is 0 Å². The van der Waals surface area contributed by atoms with E-state index in [1.54, 1.807) is 11.9 Å². The lowest BCUT2D eigenvalue weighted by atomic mass is 10.1. The number of amides is 2. The van der Waals surface area contributed by atoms with Crippen molar-refractivity contribution in [2.24, 2.45) is 5.92 Å². The number of carbonyl (C=O) groups excluding carboxylic acids is 2. The molecule has 20 heavy (non-hydrogen) atoms. The molecule has 6 heteroatoms. The molecule has 2 saturated heterocycles. The second-order valence-electron chi connectivity index (χ2n) is 6.05. The van der Waals surface area contributed by atoms with Gasteiger partial charge in [-0.05, 0) is 26.3 Å². The van der Waals surface area contributed by atoms with E-state index in [0.717, 1.165) is 31.0 Å². The van der Waals surface area contributed by atoms with Crippen molar-refractivity contribution in [3.05, 3.63) is 0 Å². The van der Waals surface area contributed by atoms with Crippen molar-refractivity contribution >= 4 is 23.6 Å². The summed E-state index contributed by atoms with van der Waals surface area (Å²) in [7, 11) is 5.88. The minimum absolute atomic E-state index is 0.0942. The average Bonchev–Trinajstić information content (AvgIpc) is 2.60. The molecule has 2 amide bonds. The van der Waals surface area contributed by atoms with Gasteiger partial charge in [0.15, 0.2) is 0 Å². The van der Waals surface area contributed by atoms with Crippen LogP contribution in [0.2, 0.25) is 0 Å². The molecular weight excluding hydrogens is 274 g/mol. The van der Waals surface area contributed by atoms with Crippen LogP contribution < -0.4 is 0 Å². The van der Waals surface area contributed by atoms with Crippen molar-refractivity contribution in [2.45, 2.75) is 18.9 Å². The monoisotopic (exact) mass is 299 g/mol. The van der Waals surface area contributed by atoms with Gasteiger partial charge in [0.05, 0.1) is 12.0 Å². The van der Waals surface area contributed by atoms with Crippen molar-refractivity contribution in [1.29, 1.82) is 0 Å². The molecule has 114 valence electrons. The van der Waals surface area contributed by atoms with E-state index in [4.69, 9.17) is 0 Å². The summed E-state index contributed by atoms with van der Waals surface area (Å²) in [6.07, 6.45) is 1.44. The van der Waals surface area contributed by atoms with Gasteiger partial charge < -0.3 is 14.7 Å². The highest BCUT2D eigenvalue weighted by Gasteiger charge is 2.37. The van der Waals surface area contributed by atoms with Gasteiger partial charge in [-0.3, -0.25) is 9.59 Å². The van der Waals surface area contributed by atoms with Crippen LogP contribution in [0.15, 0.2) is 0 Å². The molecule has 0 aromatic carbocycles. The normalized spacial score (nSPS) is 28.1. The molecule has 0 aromatic rings. The summed E-state index contributed by atoms with van der Waals surface area (Å²) in [5.41, 5.74) is 0. The van der Waals surface area contributed by atoms with Gasteiger partial charge in [-0.2, -0.15) is 11.8 Å². The Morgan fingerprint density at radius 3 is 2.80 bits per heavy atom. The number of likely N-dealkylation sites (N-methyl/N-ethyl adjacent to an activating group) is 1. The molecule has 0 aromatic heterocycles. The molecule has 2 heterocycles. The highest BCUT2D eigenvalue weighted by molar-refractivity contribution is 7.99. The van der Waals surface area contributed by atoms with Crippen molar-refractivity contribution in [1.82, 2.24) is 14.7 Å². The van der Waals surface area contributed by atoms with Crippen LogP contribution in [0.4, 0.5) is 0 Å². The average molecular weight is 299 g/mol. The van der Waals surface area contributed by atoms with E-state index >= 15 is 0 Å². The molecule has 0 aliphatic carbocycles. The molecule has 2 unspecified atom stereocenters. The Bertz CT molecular complexity index is 375. The lowest BCUT2D eigenvalue weighted by molar-refractivity contribution is -0.137. The first-order chi connectivity index (χ1) is 9.49. The van der Waals surface area contributed by atoms with Crippen molar-refractivity contribution in [2.75, 3.05) is 52.3 Å². The van der Waals surface area contributed by atoms with Gasteiger partial charge in [0, 0.05) is 38.9 Å². The fraction of sp³-hybridized carbons (Fsp3) is 0.857. The van der Waals surface area contributed by atoms with Crippen LogP contribution >= 0.6 is 11.8 Å². The molecule has 0 spiro atoms. The second kappa shape index (κ2) is 6.80. The smallest absolute Gasteiger partial charge is 0.228 e. The molecule has 2 atom stereocenters. The van der Waals surface area contributed by atoms with E-state index in [2.05, 4.69) is 4.90 Å². The van der Waals surface area contributed by atoms with Gasteiger partial charge in [0.25, 0.3) is 0 Å². The quantitative estimate of drug-likeness (QED) is 0.755. The standard InChI is InChI=1S/C14H25N3O2S/c1-15(2)9-12-10-20-6-4-5-17(12)14(19)11-7-13(18)16(3)8-11/h11-12H,4-10H2,1-3H3. The summed E-state index contributed by atoms with van der Waals surface area (Å²) < 4.78 is 0. The summed E-state index contributed by atoms with van der Waals surface area (Å²) in [4.78, 5) is 30.3. The van der Waals surface area contributed by atoms with Gasteiger partial charge >= 0.3 is 0 Å². The zero-order valence-corrected chi connectivity index (χ0v) is 13.5. The summed E-state index contributed by atoms with van der Waals surface area (Å²) in [5.74, 6) is 2.26. The lowest BCUT2D eigenvalue weighted by Gasteiger charge is -2.33. The minimum atomic E-state index is -0.139. The molecule has 2 aliphatic heterocycles. The Morgan fingerprint density at radius 2 is 2.20 bits per heavy atom. The second-order valence-corrected chi connectivity index (χ2v) is 7.20. The number of nitrogens with zero attached hydrogens (tertiary/aromatic N) is 3. The third-order valence-corrected chi connectivity index (χ3v) is 5.19. The molecule has 5 nitrogen and oxygen atoms in total. The van der Waals surface area contributed by atoms with Gasteiger partial charge in [0.2, 0.25) is 11.8 Å². The number of hydrogen-bond acceptors (Lipinski definition) is 4. The highest BCUT2D eigenvalue weighted by Crippen LogP contribution is 2.23. The molecule has 0 radical (unpaired) electrons. The number of hydrogen-bond donors (Lipinski definition) is 0. The predicted octanol–water partition coefficient (Wildman–Crippen LogP) is 0.360. The van der Waals surface area contributed by atoms with Crippen LogP contribution in [0.1, 0.15) is 12.8 Å². The van der Waals surface area contributed by atoms with Crippen LogP contribution in [-0.2, 0) is 9.59 Å². The number of likely N-dealkylation sites (tertiary alicyclic amines) is 1. The first-order valence-corrected chi connectivity index (χ1v) is 8.41. The fourth-order valence-corrected chi connectivity index (χ4v) is 4.01. The van der Waals surface area contributed by atoms with E-state index in [9.17, 15) is 9.59 Å². The van der Waals surface area contributed by atoms with Gasteiger partial charge in [-0.15, -0.1) is 0 Å². The summed E-state index contributed by atoms with van der Waals surface area (Å²) in [5, 5.41) is 0. The summed E-state index contributed by atoms with van der Waals surface area (Å²) >= 11 is 1.93. The molecule has 0 bridgehead atoms. The maximum atomic E-state index is 12.8. The van der Waals surface area contributed by atoms with E-state index in [0.29, 0.717) is 13.0 Å². The topological polar surface area (TPSA) is 43.9 Å². The first kappa shape index (κ1) is 15.6. The number of carbonyl (C=O) groups is 2. The molecule has 0 saturated carbocycles. The Morgan fingerprint density at radius 1 is 1.45 bits per heavy atom. The van der Waals surface area contributed by atoms with E-state index in [-0.39, 0.29) is 23.8 Å². The van der Waals surface area contributed by atoms with E-state index < -0.39 is 0 Å². The minimum Gasteiger partial charge on any atom is -0.345 e. The van der Waals surface area contributed by atoms with Crippen molar-refractivity contribution in [3.8, 4) is 0 Å². The number of rotatable bonds is 3. The SMILES string of the molecule is CN(C)CC1CSCCCN1C(=O)C1CC(=O)N(C)C1. The van der Waals surface area contributed by atoms with Gasteiger partial charge in [0.1, 0.15) is 0 Å². The molecule has 2 fully saturated rings. The fourth-order valence-electron chi connectivity index (χ4n) is 2.96. The zero-order valence-electron chi connectivity index (χ0n) is 12.7. The van der Waals surface area contributed by atoms with Crippen LogP contribution in [0, 0.1) is 5.92 Å². The predicted molar refractivity (Wildman–Crippen MR) is 81.7 cm³/mol. The highest BCUT2D eigenvalue weighted by atomic mass is 32.2. The molecular formula is C14H25N3O2S. The zero-order chi connectivity index (χ0) is 14.7.